The molecule has 0 bridgehead atoms. The summed E-state index contributed by atoms with van der Waals surface area (Å²) in [7, 11) is 0. The molecule has 0 aromatic rings. The zero-order chi connectivity index (χ0) is 12.0. The summed E-state index contributed by atoms with van der Waals surface area (Å²) in [6.45, 7) is 10.1. The van der Waals surface area contributed by atoms with E-state index in [0.29, 0.717) is 18.3 Å². The van der Waals surface area contributed by atoms with Crippen LogP contribution in [0.5, 0.6) is 0 Å². The van der Waals surface area contributed by atoms with Crippen LogP contribution in [-0.2, 0) is 9.59 Å². The van der Waals surface area contributed by atoms with Crippen molar-refractivity contribution in [3.8, 4) is 0 Å². The van der Waals surface area contributed by atoms with Crippen molar-refractivity contribution in [2.24, 2.45) is 17.8 Å². The molecule has 0 spiro atoms. The second-order valence-corrected chi connectivity index (χ2v) is 5.25. The lowest BCUT2D eigenvalue weighted by Gasteiger charge is -2.12. The maximum Gasteiger partial charge on any atom is 0.201 e. The van der Waals surface area contributed by atoms with Crippen LogP contribution in [0, 0.1) is 17.8 Å². The van der Waals surface area contributed by atoms with Gasteiger partial charge in [0.05, 0.1) is 0 Å². The molecule has 0 aliphatic heterocycles. The second-order valence-electron chi connectivity index (χ2n) is 5.25. The van der Waals surface area contributed by atoms with Crippen LogP contribution < -0.4 is 0 Å². The standard InChI is InChI=1S/C13H24O2/c1-9(2)6-7-12(14)13(15)11(5)8-10(3)4/h9-11H,6-8H2,1-5H3. The van der Waals surface area contributed by atoms with Crippen LogP contribution in [0.4, 0.5) is 0 Å². The van der Waals surface area contributed by atoms with Crippen molar-refractivity contribution >= 4 is 11.6 Å². The van der Waals surface area contributed by atoms with Gasteiger partial charge >= 0.3 is 0 Å². The first-order valence-electron chi connectivity index (χ1n) is 5.91. The first-order chi connectivity index (χ1) is 6.84. The highest BCUT2D eigenvalue weighted by Crippen LogP contribution is 2.14. The van der Waals surface area contributed by atoms with Crippen LogP contribution in [0.3, 0.4) is 0 Å². The third-order valence-corrected chi connectivity index (χ3v) is 2.50. The van der Waals surface area contributed by atoms with Crippen LogP contribution in [0.1, 0.15) is 53.9 Å². The summed E-state index contributed by atoms with van der Waals surface area (Å²) < 4.78 is 0. The molecular weight excluding hydrogens is 188 g/mol. The van der Waals surface area contributed by atoms with Gasteiger partial charge in [0.2, 0.25) is 5.78 Å². The minimum absolute atomic E-state index is 0.107. The monoisotopic (exact) mass is 212 g/mol. The lowest BCUT2D eigenvalue weighted by atomic mass is 9.91. The van der Waals surface area contributed by atoms with Crippen molar-refractivity contribution in [2.45, 2.75) is 53.9 Å². The maximum absolute atomic E-state index is 11.6. The van der Waals surface area contributed by atoms with E-state index < -0.39 is 0 Å². The van der Waals surface area contributed by atoms with Gasteiger partial charge in [-0.05, 0) is 24.7 Å². The molecule has 0 aliphatic carbocycles. The van der Waals surface area contributed by atoms with E-state index in [2.05, 4.69) is 27.7 Å². The Bertz CT molecular complexity index is 217. The first-order valence-corrected chi connectivity index (χ1v) is 5.91. The summed E-state index contributed by atoms with van der Waals surface area (Å²) in [6.07, 6.45) is 2.05. The normalized spacial score (nSPS) is 13.3. The van der Waals surface area contributed by atoms with E-state index in [1.807, 2.05) is 6.92 Å². The molecule has 0 aliphatic rings. The zero-order valence-corrected chi connectivity index (χ0v) is 10.7. The fourth-order valence-corrected chi connectivity index (χ4v) is 1.63. The van der Waals surface area contributed by atoms with Gasteiger partial charge in [-0.1, -0.05) is 34.6 Å². The Hall–Kier alpha value is -0.660. The Morgan fingerprint density at radius 1 is 0.933 bits per heavy atom. The number of hydrogen-bond acceptors (Lipinski definition) is 2. The molecule has 1 unspecified atom stereocenters. The van der Waals surface area contributed by atoms with Crippen molar-refractivity contribution in [2.75, 3.05) is 0 Å². The van der Waals surface area contributed by atoms with E-state index in [0.717, 1.165) is 12.8 Å². The Morgan fingerprint density at radius 2 is 1.47 bits per heavy atom. The lowest BCUT2D eigenvalue weighted by molar-refractivity contribution is -0.139. The van der Waals surface area contributed by atoms with Crippen molar-refractivity contribution in [1.82, 2.24) is 0 Å². The summed E-state index contributed by atoms with van der Waals surface area (Å²) >= 11 is 0. The molecule has 0 saturated carbocycles. The Morgan fingerprint density at radius 3 is 1.87 bits per heavy atom. The van der Waals surface area contributed by atoms with Crippen LogP contribution >= 0.6 is 0 Å². The van der Waals surface area contributed by atoms with Gasteiger partial charge in [0, 0.05) is 12.3 Å². The molecule has 0 amide bonds. The smallest absolute Gasteiger partial charge is 0.201 e. The number of Topliss-reactive ketones (excluding diaryl/α,β-unsaturated/α-hetero) is 2. The van der Waals surface area contributed by atoms with Gasteiger partial charge in [0.1, 0.15) is 0 Å². The first kappa shape index (κ1) is 14.3. The minimum atomic E-state index is -0.183. The van der Waals surface area contributed by atoms with Crippen molar-refractivity contribution in [3.05, 3.63) is 0 Å². The fourth-order valence-electron chi connectivity index (χ4n) is 1.63. The van der Waals surface area contributed by atoms with Gasteiger partial charge in [-0.2, -0.15) is 0 Å². The topological polar surface area (TPSA) is 34.1 Å². The van der Waals surface area contributed by atoms with E-state index in [-0.39, 0.29) is 17.5 Å². The summed E-state index contributed by atoms with van der Waals surface area (Å²) in [5, 5.41) is 0. The minimum Gasteiger partial charge on any atom is -0.291 e. The molecule has 0 rings (SSSR count). The van der Waals surface area contributed by atoms with Crippen LogP contribution in [-0.4, -0.2) is 11.6 Å². The van der Waals surface area contributed by atoms with Crippen LogP contribution in [0.15, 0.2) is 0 Å². The molecule has 0 radical (unpaired) electrons. The number of hydrogen-bond donors (Lipinski definition) is 0. The molecule has 2 nitrogen and oxygen atoms in total. The molecule has 0 saturated heterocycles. The van der Waals surface area contributed by atoms with E-state index in [1.54, 1.807) is 0 Å². The molecule has 2 heteroatoms. The van der Waals surface area contributed by atoms with Gasteiger partial charge in [-0.15, -0.1) is 0 Å². The van der Waals surface area contributed by atoms with Crippen molar-refractivity contribution < 1.29 is 9.59 Å². The fraction of sp³-hybridized carbons (Fsp3) is 0.846. The largest absolute Gasteiger partial charge is 0.291 e. The van der Waals surface area contributed by atoms with Crippen LogP contribution in [0.2, 0.25) is 0 Å². The Balaban J connectivity index is 4.02. The number of carbonyl (C=O) groups excluding carboxylic acids is 2. The van der Waals surface area contributed by atoms with Crippen molar-refractivity contribution in [3.63, 3.8) is 0 Å². The van der Waals surface area contributed by atoms with Crippen molar-refractivity contribution in [1.29, 1.82) is 0 Å². The van der Waals surface area contributed by atoms with Gasteiger partial charge in [0.15, 0.2) is 5.78 Å². The molecule has 88 valence electrons. The highest BCUT2D eigenvalue weighted by Gasteiger charge is 2.21. The van der Waals surface area contributed by atoms with Crippen LogP contribution in [0.25, 0.3) is 0 Å². The molecule has 0 N–H and O–H groups in total. The maximum atomic E-state index is 11.6. The SMILES string of the molecule is CC(C)CCC(=O)C(=O)C(C)CC(C)C. The molecule has 0 fully saturated rings. The van der Waals surface area contributed by atoms with E-state index in [9.17, 15) is 9.59 Å². The lowest BCUT2D eigenvalue weighted by Crippen LogP contribution is -2.23. The van der Waals surface area contributed by atoms with Gasteiger partial charge in [-0.3, -0.25) is 9.59 Å². The molecule has 1 atom stereocenters. The van der Waals surface area contributed by atoms with E-state index in [4.69, 9.17) is 0 Å². The Labute approximate surface area is 93.4 Å². The predicted octanol–water partition coefficient (Wildman–Crippen LogP) is 3.24. The molecular formula is C13H24O2. The molecule has 0 heterocycles. The third-order valence-electron chi connectivity index (χ3n) is 2.50. The average Bonchev–Trinajstić information content (AvgIpc) is 2.11. The third kappa shape index (κ3) is 6.43. The highest BCUT2D eigenvalue weighted by atomic mass is 16.2. The number of rotatable bonds is 7. The zero-order valence-electron chi connectivity index (χ0n) is 10.7. The highest BCUT2D eigenvalue weighted by molar-refractivity contribution is 6.37. The molecule has 0 aromatic carbocycles. The van der Waals surface area contributed by atoms with Gasteiger partial charge in [0.25, 0.3) is 0 Å². The second kappa shape index (κ2) is 6.76. The number of carbonyl (C=O) groups is 2. The average molecular weight is 212 g/mol. The van der Waals surface area contributed by atoms with E-state index >= 15 is 0 Å². The summed E-state index contributed by atoms with van der Waals surface area (Å²) in [4.78, 5) is 23.2. The summed E-state index contributed by atoms with van der Waals surface area (Å²) in [6, 6.07) is 0. The quantitative estimate of drug-likeness (QED) is 0.607. The molecule has 0 aromatic heterocycles. The summed E-state index contributed by atoms with van der Waals surface area (Å²) in [5.74, 6) is 0.495. The number of ketones is 2. The molecule has 15 heavy (non-hydrogen) atoms. The predicted molar refractivity (Wildman–Crippen MR) is 62.7 cm³/mol. The van der Waals surface area contributed by atoms with Gasteiger partial charge < -0.3 is 0 Å². The summed E-state index contributed by atoms with van der Waals surface area (Å²) in [5.41, 5.74) is 0. The van der Waals surface area contributed by atoms with Gasteiger partial charge in [-0.25, -0.2) is 0 Å². The Kier molecular flexibility index (Phi) is 6.46. The van der Waals surface area contributed by atoms with E-state index in [1.165, 1.54) is 0 Å².